The van der Waals surface area contributed by atoms with Crippen LogP contribution in [0.4, 0.5) is 0 Å². The molecule has 0 unspecified atom stereocenters. The molecule has 2 atom stereocenters. The number of rotatable bonds is 7. The van der Waals surface area contributed by atoms with Crippen LogP contribution in [0.15, 0.2) is 53.4 Å². The van der Waals surface area contributed by atoms with Crippen molar-refractivity contribution in [3.8, 4) is 6.07 Å². The lowest BCUT2D eigenvalue weighted by Crippen LogP contribution is -2.48. The van der Waals surface area contributed by atoms with Gasteiger partial charge in [-0.2, -0.15) is 9.98 Å². The van der Waals surface area contributed by atoms with Gasteiger partial charge in [-0.3, -0.25) is 4.79 Å². The maximum absolute atomic E-state index is 12.4. The van der Waals surface area contributed by atoms with Crippen molar-refractivity contribution in [3.05, 3.63) is 64.7 Å². The molecular formula is C18H17ClN2O5S. The number of carbonyl (C=O) groups is 1. The molecule has 0 aliphatic carbocycles. The molecule has 0 amide bonds. The lowest BCUT2D eigenvalue weighted by molar-refractivity contribution is -0.149. The van der Waals surface area contributed by atoms with E-state index in [4.69, 9.17) is 21.6 Å². The molecule has 27 heavy (non-hydrogen) atoms. The minimum Gasteiger partial charge on any atom is -0.460 e. The van der Waals surface area contributed by atoms with Gasteiger partial charge in [-0.1, -0.05) is 23.7 Å². The van der Waals surface area contributed by atoms with Gasteiger partial charge >= 0.3 is 5.97 Å². The van der Waals surface area contributed by atoms with Gasteiger partial charge in [-0.25, -0.2) is 8.42 Å². The SMILES string of the molecule is C[C@H](O)[C@@H](NS(=O)(=O)c1ccc(Cl)cc1)C(=O)OCc1ccc(C#N)cc1. The Balaban J connectivity index is 2.07. The van der Waals surface area contributed by atoms with Crippen molar-refractivity contribution in [1.29, 1.82) is 5.26 Å². The number of nitriles is 1. The Kier molecular flexibility index (Phi) is 6.93. The molecule has 2 aromatic carbocycles. The Morgan fingerprint density at radius 2 is 1.81 bits per heavy atom. The average Bonchev–Trinajstić information content (AvgIpc) is 2.64. The molecule has 0 spiro atoms. The fraction of sp³-hybridized carbons (Fsp3) is 0.222. The predicted molar refractivity (Wildman–Crippen MR) is 98.2 cm³/mol. The average molecular weight is 409 g/mol. The number of esters is 1. The van der Waals surface area contributed by atoms with Crippen molar-refractivity contribution in [2.75, 3.05) is 0 Å². The zero-order valence-electron chi connectivity index (χ0n) is 14.3. The fourth-order valence-electron chi connectivity index (χ4n) is 2.11. The molecule has 2 N–H and O–H groups in total. The second-order valence-electron chi connectivity index (χ2n) is 5.71. The Bertz CT molecular complexity index is 935. The summed E-state index contributed by atoms with van der Waals surface area (Å²) in [6.07, 6.45) is -1.32. The van der Waals surface area contributed by atoms with Crippen molar-refractivity contribution in [2.24, 2.45) is 0 Å². The second kappa shape index (κ2) is 8.97. The number of aliphatic hydroxyl groups excluding tert-OH is 1. The smallest absolute Gasteiger partial charge is 0.327 e. The highest BCUT2D eigenvalue weighted by Gasteiger charge is 2.31. The molecule has 0 saturated carbocycles. The van der Waals surface area contributed by atoms with E-state index in [0.717, 1.165) is 0 Å². The van der Waals surface area contributed by atoms with Crippen molar-refractivity contribution in [2.45, 2.75) is 30.6 Å². The van der Waals surface area contributed by atoms with Gasteiger partial charge in [0.1, 0.15) is 12.6 Å². The van der Waals surface area contributed by atoms with E-state index < -0.39 is 28.1 Å². The molecule has 0 fully saturated rings. The van der Waals surface area contributed by atoms with Crippen LogP contribution in [0.2, 0.25) is 5.02 Å². The number of nitrogens with one attached hydrogen (secondary N) is 1. The Hall–Kier alpha value is -2.44. The third-order valence-electron chi connectivity index (χ3n) is 3.61. The third-order valence-corrected chi connectivity index (χ3v) is 5.32. The molecule has 0 bridgehead atoms. The Morgan fingerprint density at radius 3 is 2.33 bits per heavy atom. The fourth-order valence-corrected chi connectivity index (χ4v) is 3.50. The van der Waals surface area contributed by atoms with Crippen molar-refractivity contribution in [3.63, 3.8) is 0 Å². The van der Waals surface area contributed by atoms with Crippen LogP contribution < -0.4 is 4.72 Å². The Labute approximate surface area is 162 Å². The third kappa shape index (κ3) is 5.77. The first-order valence-corrected chi connectivity index (χ1v) is 9.70. The molecule has 0 heterocycles. The highest BCUT2D eigenvalue weighted by molar-refractivity contribution is 7.89. The number of benzene rings is 2. The van der Waals surface area contributed by atoms with Crippen LogP contribution in [0.5, 0.6) is 0 Å². The van der Waals surface area contributed by atoms with Gasteiger partial charge < -0.3 is 9.84 Å². The minimum absolute atomic E-state index is 0.0996. The van der Waals surface area contributed by atoms with Crippen LogP contribution in [-0.4, -0.2) is 31.6 Å². The molecule has 142 valence electrons. The van der Waals surface area contributed by atoms with Gasteiger partial charge in [-0.15, -0.1) is 0 Å². The summed E-state index contributed by atoms with van der Waals surface area (Å²) < 4.78 is 32.0. The first-order chi connectivity index (χ1) is 12.7. The first-order valence-electron chi connectivity index (χ1n) is 7.84. The molecule has 0 aliphatic heterocycles. The predicted octanol–water partition coefficient (Wildman–Crippen LogP) is 1.98. The normalized spacial score (nSPS) is 13.4. The van der Waals surface area contributed by atoms with E-state index in [1.54, 1.807) is 24.3 Å². The van der Waals surface area contributed by atoms with Crippen LogP contribution in [0, 0.1) is 11.3 Å². The number of halogens is 1. The van der Waals surface area contributed by atoms with E-state index in [9.17, 15) is 18.3 Å². The summed E-state index contributed by atoms with van der Waals surface area (Å²) in [5.74, 6) is -0.924. The largest absolute Gasteiger partial charge is 0.460 e. The number of hydrogen-bond donors (Lipinski definition) is 2. The molecule has 0 saturated heterocycles. The lowest BCUT2D eigenvalue weighted by atomic mass is 10.1. The van der Waals surface area contributed by atoms with Gasteiger partial charge in [0, 0.05) is 5.02 Å². The number of nitrogens with zero attached hydrogens (tertiary/aromatic N) is 1. The van der Waals surface area contributed by atoms with E-state index in [0.29, 0.717) is 16.1 Å². The van der Waals surface area contributed by atoms with E-state index in [1.165, 1.54) is 31.2 Å². The number of hydrogen-bond acceptors (Lipinski definition) is 6. The zero-order valence-corrected chi connectivity index (χ0v) is 15.9. The summed E-state index contributed by atoms with van der Waals surface area (Å²) in [6.45, 7) is 1.15. The van der Waals surface area contributed by atoms with E-state index in [2.05, 4.69) is 4.72 Å². The number of aliphatic hydroxyl groups is 1. The highest BCUT2D eigenvalue weighted by atomic mass is 35.5. The zero-order chi connectivity index (χ0) is 20.0. The molecule has 0 radical (unpaired) electrons. The number of ether oxygens (including phenoxy) is 1. The van der Waals surface area contributed by atoms with E-state index in [-0.39, 0.29) is 11.5 Å². The first kappa shape index (κ1) is 20.9. The lowest BCUT2D eigenvalue weighted by Gasteiger charge is -2.20. The summed E-state index contributed by atoms with van der Waals surface area (Å²) in [7, 11) is -4.06. The standard InChI is InChI=1S/C18H17ClN2O5S/c1-12(22)17(21-27(24,25)16-8-6-15(19)7-9-16)18(23)26-11-14-4-2-13(10-20)3-5-14/h2-9,12,17,21-22H,11H2,1H3/t12-,17+/m0/s1. The monoisotopic (exact) mass is 408 g/mol. The van der Waals surface area contributed by atoms with Crippen molar-refractivity contribution >= 4 is 27.6 Å². The summed E-state index contributed by atoms with van der Waals surface area (Å²) >= 11 is 5.74. The summed E-state index contributed by atoms with van der Waals surface area (Å²) in [6, 6.07) is 12.2. The van der Waals surface area contributed by atoms with Gasteiger partial charge in [0.25, 0.3) is 0 Å². The topological polar surface area (TPSA) is 116 Å². The van der Waals surface area contributed by atoms with Gasteiger partial charge in [0.15, 0.2) is 0 Å². The quantitative estimate of drug-likeness (QED) is 0.676. The van der Waals surface area contributed by atoms with Crippen LogP contribution >= 0.6 is 11.6 Å². The van der Waals surface area contributed by atoms with E-state index in [1.807, 2.05) is 6.07 Å². The maximum atomic E-state index is 12.4. The molecular weight excluding hydrogens is 392 g/mol. The summed E-state index contributed by atoms with van der Waals surface area (Å²) in [5, 5.41) is 18.9. The maximum Gasteiger partial charge on any atom is 0.327 e. The summed E-state index contributed by atoms with van der Waals surface area (Å²) in [4.78, 5) is 12.2. The van der Waals surface area contributed by atoms with Crippen molar-refractivity contribution < 1.29 is 23.1 Å². The molecule has 9 heteroatoms. The molecule has 0 aromatic heterocycles. The number of carbonyl (C=O) groups excluding carboxylic acids is 1. The second-order valence-corrected chi connectivity index (χ2v) is 7.86. The molecule has 2 aromatic rings. The molecule has 7 nitrogen and oxygen atoms in total. The van der Waals surface area contributed by atoms with Gasteiger partial charge in [-0.05, 0) is 48.9 Å². The van der Waals surface area contributed by atoms with Gasteiger partial charge in [0.2, 0.25) is 10.0 Å². The van der Waals surface area contributed by atoms with Crippen molar-refractivity contribution in [1.82, 2.24) is 4.72 Å². The number of sulfonamides is 1. The molecule has 2 rings (SSSR count). The van der Waals surface area contributed by atoms with Crippen LogP contribution in [0.25, 0.3) is 0 Å². The van der Waals surface area contributed by atoms with Crippen LogP contribution in [0.3, 0.4) is 0 Å². The molecule has 0 aliphatic rings. The van der Waals surface area contributed by atoms with Crippen LogP contribution in [0.1, 0.15) is 18.1 Å². The Morgan fingerprint density at radius 1 is 1.22 bits per heavy atom. The van der Waals surface area contributed by atoms with Crippen LogP contribution in [-0.2, 0) is 26.2 Å². The van der Waals surface area contributed by atoms with E-state index >= 15 is 0 Å². The highest BCUT2D eigenvalue weighted by Crippen LogP contribution is 2.15. The summed E-state index contributed by atoms with van der Waals surface area (Å²) in [5.41, 5.74) is 1.08. The van der Waals surface area contributed by atoms with Gasteiger partial charge in [0.05, 0.1) is 22.6 Å². The minimum atomic E-state index is -4.06.